The van der Waals surface area contributed by atoms with E-state index in [0.717, 1.165) is 19.3 Å². The molecular formula is C15H26N2O3. The van der Waals surface area contributed by atoms with Crippen LogP contribution in [0.25, 0.3) is 0 Å². The van der Waals surface area contributed by atoms with E-state index in [1.54, 1.807) is 12.0 Å². The van der Waals surface area contributed by atoms with E-state index < -0.39 is 5.54 Å². The van der Waals surface area contributed by atoms with E-state index in [-0.39, 0.29) is 24.0 Å². The minimum atomic E-state index is -0.714. The van der Waals surface area contributed by atoms with Crippen molar-refractivity contribution in [1.82, 2.24) is 10.2 Å². The zero-order valence-corrected chi connectivity index (χ0v) is 12.9. The summed E-state index contributed by atoms with van der Waals surface area (Å²) in [6.07, 6.45) is 3.56. The zero-order chi connectivity index (χ0) is 14.9. The van der Waals surface area contributed by atoms with Gasteiger partial charge in [0, 0.05) is 13.7 Å². The first-order valence-corrected chi connectivity index (χ1v) is 7.60. The van der Waals surface area contributed by atoms with Crippen LogP contribution in [0.5, 0.6) is 0 Å². The lowest BCUT2D eigenvalue weighted by atomic mass is 9.88. The summed E-state index contributed by atoms with van der Waals surface area (Å²) >= 11 is 0. The van der Waals surface area contributed by atoms with Gasteiger partial charge >= 0.3 is 0 Å². The van der Waals surface area contributed by atoms with Crippen molar-refractivity contribution < 1.29 is 14.3 Å². The van der Waals surface area contributed by atoms with Gasteiger partial charge in [-0.1, -0.05) is 13.3 Å². The van der Waals surface area contributed by atoms with Crippen LogP contribution >= 0.6 is 0 Å². The zero-order valence-electron chi connectivity index (χ0n) is 12.9. The molecule has 1 N–H and O–H groups in total. The normalized spacial score (nSPS) is 32.2. The Morgan fingerprint density at radius 3 is 2.60 bits per heavy atom. The fourth-order valence-electron chi connectivity index (χ4n) is 3.03. The summed E-state index contributed by atoms with van der Waals surface area (Å²) < 4.78 is 5.28. The van der Waals surface area contributed by atoms with Crippen molar-refractivity contribution in [1.29, 1.82) is 0 Å². The van der Waals surface area contributed by atoms with Crippen molar-refractivity contribution in [3.05, 3.63) is 0 Å². The summed E-state index contributed by atoms with van der Waals surface area (Å²) in [6, 6.07) is -0.350. The molecule has 114 valence electrons. The predicted octanol–water partition coefficient (Wildman–Crippen LogP) is 1.32. The molecule has 2 fully saturated rings. The topological polar surface area (TPSA) is 58.6 Å². The molecule has 0 aromatic carbocycles. The molecule has 0 spiro atoms. The van der Waals surface area contributed by atoms with Crippen LogP contribution in [-0.2, 0) is 14.3 Å². The second-order valence-corrected chi connectivity index (χ2v) is 6.27. The molecule has 20 heavy (non-hydrogen) atoms. The number of rotatable bonds is 6. The van der Waals surface area contributed by atoms with Gasteiger partial charge in [0.25, 0.3) is 0 Å². The maximum atomic E-state index is 12.9. The van der Waals surface area contributed by atoms with Crippen molar-refractivity contribution in [2.24, 2.45) is 5.92 Å². The Morgan fingerprint density at radius 1 is 1.45 bits per heavy atom. The number of hydrogen-bond donors (Lipinski definition) is 1. The molecule has 1 heterocycles. The molecule has 3 atom stereocenters. The molecule has 2 aliphatic rings. The molecule has 5 nitrogen and oxygen atoms in total. The maximum absolute atomic E-state index is 12.9. The van der Waals surface area contributed by atoms with Gasteiger partial charge in [0.1, 0.15) is 11.6 Å². The number of hydrogen-bond acceptors (Lipinski definition) is 3. The second kappa shape index (κ2) is 5.72. The van der Waals surface area contributed by atoms with Gasteiger partial charge in [0.15, 0.2) is 0 Å². The monoisotopic (exact) mass is 282 g/mol. The third kappa shape index (κ3) is 2.68. The van der Waals surface area contributed by atoms with Crippen LogP contribution in [-0.4, -0.2) is 48.1 Å². The number of nitrogens with zero attached hydrogens (tertiary/aromatic N) is 1. The molecule has 1 aliphatic carbocycles. The smallest absolute Gasteiger partial charge is 0.249 e. The molecule has 1 saturated carbocycles. The summed E-state index contributed by atoms with van der Waals surface area (Å²) in [5.41, 5.74) is -0.714. The SMILES string of the molecule is CCCC1C(=O)NC(C)(C2CC2)C(=O)N1CC(C)OC. The molecule has 3 unspecified atom stereocenters. The van der Waals surface area contributed by atoms with Crippen molar-refractivity contribution in [3.8, 4) is 0 Å². The molecule has 0 aromatic heterocycles. The van der Waals surface area contributed by atoms with E-state index in [0.29, 0.717) is 18.9 Å². The standard InChI is InChI=1S/C15H26N2O3/c1-5-6-12-13(18)16-15(3,11-7-8-11)14(19)17(12)9-10(2)20-4/h10-12H,5-9H2,1-4H3,(H,16,18). The van der Waals surface area contributed by atoms with Crippen LogP contribution in [0.4, 0.5) is 0 Å². The Labute approximate surface area is 121 Å². The first-order valence-electron chi connectivity index (χ1n) is 7.60. The first-order chi connectivity index (χ1) is 9.43. The number of carbonyl (C=O) groups is 2. The third-order valence-corrected chi connectivity index (χ3v) is 4.58. The minimum absolute atomic E-state index is 0.0100. The van der Waals surface area contributed by atoms with Crippen LogP contribution in [0, 0.1) is 5.92 Å². The first kappa shape index (κ1) is 15.3. The van der Waals surface area contributed by atoms with Gasteiger partial charge in [-0.2, -0.15) is 0 Å². The summed E-state index contributed by atoms with van der Waals surface area (Å²) in [5.74, 6) is 0.341. The highest BCUT2D eigenvalue weighted by atomic mass is 16.5. The Kier molecular flexibility index (Phi) is 4.37. The molecule has 2 amide bonds. The molecule has 1 aliphatic heterocycles. The van der Waals surface area contributed by atoms with Gasteiger partial charge in [-0.15, -0.1) is 0 Å². The van der Waals surface area contributed by atoms with E-state index >= 15 is 0 Å². The van der Waals surface area contributed by atoms with Gasteiger partial charge in [0.05, 0.1) is 6.10 Å². The predicted molar refractivity (Wildman–Crippen MR) is 76.2 cm³/mol. The number of carbonyl (C=O) groups excluding carboxylic acids is 2. The van der Waals surface area contributed by atoms with Gasteiger partial charge in [-0.05, 0) is 39.0 Å². The maximum Gasteiger partial charge on any atom is 0.249 e. The average Bonchev–Trinajstić information content (AvgIpc) is 3.24. The highest BCUT2D eigenvalue weighted by molar-refractivity contribution is 6.00. The Balaban J connectivity index is 2.23. The summed E-state index contributed by atoms with van der Waals surface area (Å²) in [7, 11) is 1.63. The van der Waals surface area contributed by atoms with Crippen molar-refractivity contribution >= 4 is 11.8 Å². The molecule has 2 rings (SSSR count). The summed E-state index contributed by atoms with van der Waals surface area (Å²) in [4.78, 5) is 27.0. The number of piperazine rings is 1. The van der Waals surface area contributed by atoms with Crippen LogP contribution < -0.4 is 5.32 Å². The highest BCUT2D eigenvalue weighted by Crippen LogP contribution is 2.42. The molecule has 1 saturated heterocycles. The third-order valence-electron chi connectivity index (χ3n) is 4.58. The van der Waals surface area contributed by atoms with Gasteiger partial charge < -0.3 is 15.0 Å². The highest BCUT2D eigenvalue weighted by Gasteiger charge is 2.55. The fraction of sp³-hybridized carbons (Fsp3) is 0.867. The molecule has 0 bridgehead atoms. The van der Waals surface area contributed by atoms with Crippen LogP contribution in [0.2, 0.25) is 0 Å². The second-order valence-electron chi connectivity index (χ2n) is 6.27. The minimum Gasteiger partial charge on any atom is -0.380 e. The molecule has 5 heteroatoms. The van der Waals surface area contributed by atoms with E-state index in [9.17, 15) is 9.59 Å². The van der Waals surface area contributed by atoms with E-state index in [4.69, 9.17) is 4.74 Å². The largest absolute Gasteiger partial charge is 0.380 e. The lowest BCUT2D eigenvalue weighted by Gasteiger charge is -2.45. The van der Waals surface area contributed by atoms with Gasteiger partial charge in [0.2, 0.25) is 11.8 Å². The Bertz CT molecular complexity index is 395. The average molecular weight is 282 g/mol. The van der Waals surface area contributed by atoms with E-state index in [1.807, 2.05) is 20.8 Å². The Morgan fingerprint density at radius 2 is 2.10 bits per heavy atom. The lowest BCUT2D eigenvalue weighted by molar-refractivity contribution is -0.157. The summed E-state index contributed by atoms with van der Waals surface area (Å²) in [6.45, 7) is 6.31. The van der Waals surface area contributed by atoms with Crippen molar-refractivity contribution in [2.75, 3.05) is 13.7 Å². The number of methoxy groups -OCH3 is 1. The van der Waals surface area contributed by atoms with Crippen LogP contribution in [0.1, 0.15) is 46.5 Å². The van der Waals surface area contributed by atoms with Gasteiger partial charge in [-0.25, -0.2) is 0 Å². The lowest BCUT2D eigenvalue weighted by Crippen LogP contribution is -2.70. The quantitative estimate of drug-likeness (QED) is 0.799. The number of ether oxygens (including phenoxy) is 1. The Hall–Kier alpha value is -1.10. The van der Waals surface area contributed by atoms with Crippen molar-refractivity contribution in [2.45, 2.75) is 64.1 Å². The van der Waals surface area contributed by atoms with E-state index in [1.165, 1.54) is 0 Å². The molecular weight excluding hydrogens is 256 g/mol. The van der Waals surface area contributed by atoms with Crippen LogP contribution in [0.15, 0.2) is 0 Å². The van der Waals surface area contributed by atoms with E-state index in [2.05, 4.69) is 5.32 Å². The van der Waals surface area contributed by atoms with Crippen LogP contribution in [0.3, 0.4) is 0 Å². The molecule has 0 radical (unpaired) electrons. The number of nitrogens with one attached hydrogen (secondary N) is 1. The summed E-state index contributed by atoms with van der Waals surface area (Å²) in [5, 5.41) is 2.99. The fourth-order valence-corrected chi connectivity index (χ4v) is 3.03. The van der Waals surface area contributed by atoms with Gasteiger partial charge in [-0.3, -0.25) is 9.59 Å². The number of amides is 2. The van der Waals surface area contributed by atoms with Crippen molar-refractivity contribution in [3.63, 3.8) is 0 Å². The molecule has 0 aromatic rings.